The van der Waals surface area contributed by atoms with Gasteiger partial charge in [-0.3, -0.25) is 9.78 Å². The van der Waals surface area contributed by atoms with Gasteiger partial charge in [-0.15, -0.1) is 0 Å². The number of ether oxygens (including phenoxy) is 1. The number of rotatable bonds is 2. The summed E-state index contributed by atoms with van der Waals surface area (Å²) in [7, 11) is 0. The van der Waals surface area contributed by atoms with E-state index in [2.05, 4.69) is 20.9 Å². The summed E-state index contributed by atoms with van der Waals surface area (Å²) < 4.78 is 6.35. The molecule has 1 amide bonds. The summed E-state index contributed by atoms with van der Waals surface area (Å²) in [6.07, 6.45) is 3.48. The first kappa shape index (κ1) is 12.2. The van der Waals surface area contributed by atoms with Crippen molar-refractivity contribution < 1.29 is 9.53 Å². The fraction of sp³-hybridized carbons (Fsp3) is 0.143. The Hall–Kier alpha value is -1.88. The number of carbonyl (C=O) groups is 1. The van der Waals surface area contributed by atoms with Gasteiger partial charge in [0.1, 0.15) is 5.75 Å². The maximum atomic E-state index is 12.0. The maximum absolute atomic E-state index is 12.0. The molecule has 4 nitrogen and oxygen atoms in total. The summed E-state index contributed by atoms with van der Waals surface area (Å²) in [5, 5.41) is 0. The SMILES string of the molecule is O=C1COc2ccc(Br)cc2N1Cc1cccnc1. The van der Waals surface area contributed by atoms with E-state index in [1.165, 1.54) is 0 Å². The summed E-state index contributed by atoms with van der Waals surface area (Å²) in [6, 6.07) is 9.47. The van der Waals surface area contributed by atoms with Crippen molar-refractivity contribution in [2.45, 2.75) is 6.54 Å². The van der Waals surface area contributed by atoms with Crippen molar-refractivity contribution in [3.63, 3.8) is 0 Å². The Balaban J connectivity index is 1.97. The van der Waals surface area contributed by atoms with Crippen LogP contribution in [0.3, 0.4) is 0 Å². The maximum Gasteiger partial charge on any atom is 0.265 e. The Morgan fingerprint density at radius 2 is 2.26 bits per heavy atom. The van der Waals surface area contributed by atoms with E-state index in [1.54, 1.807) is 17.3 Å². The topological polar surface area (TPSA) is 42.4 Å². The Morgan fingerprint density at radius 3 is 3.05 bits per heavy atom. The minimum atomic E-state index is -0.0468. The summed E-state index contributed by atoms with van der Waals surface area (Å²) >= 11 is 3.42. The molecule has 1 aromatic heterocycles. The minimum absolute atomic E-state index is 0.0468. The Kier molecular flexibility index (Phi) is 3.21. The van der Waals surface area contributed by atoms with Gasteiger partial charge in [0.05, 0.1) is 12.2 Å². The molecule has 1 aromatic carbocycles. The van der Waals surface area contributed by atoms with E-state index in [-0.39, 0.29) is 12.5 Å². The van der Waals surface area contributed by atoms with Gasteiger partial charge in [-0.05, 0) is 29.8 Å². The fourth-order valence-corrected chi connectivity index (χ4v) is 2.37. The molecule has 0 N–H and O–H groups in total. The molecule has 0 bridgehead atoms. The quantitative estimate of drug-likeness (QED) is 0.855. The van der Waals surface area contributed by atoms with E-state index in [9.17, 15) is 4.79 Å². The number of aromatic nitrogens is 1. The van der Waals surface area contributed by atoms with Crippen LogP contribution in [0.2, 0.25) is 0 Å². The smallest absolute Gasteiger partial charge is 0.265 e. The molecule has 3 rings (SSSR count). The van der Waals surface area contributed by atoms with E-state index in [0.717, 1.165) is 21.5 Å². The molecule has 0 saturated carbocycles. The third-order valence-corrected chi connectivity index (χ3v) is 3.42. The molecule has 2 heterocycles. The highest BCUT2D eigenvalue weighted by Gasteiger charge is 2.25. The lowest BCUT2D eigenvalue weighted by Gasteiger charge is -2.29. The van der Waals surface area contributed by atoms with E-state index in [4.69, 9.17) is 4.74 Å². The number of halogens is 1. The van der Waals surface area contributed by atoms with Crippen LogP contribution in [-0.2, 0) is 11.3 Å². The average Bonchev–Trinajstić information content (AvgIpc) is 2.43. The molecule has 0 fully saturated rings. The number of benzene rings is 1. The van der Waals surface area contributed by atoms with E-state index < -0.39 is 0 Å². The van der Waals surface area contributed by atoms with Crippen LogP contribution in [0.25, 0.3) is 0 Å². The van der Waals surface area contributed by atoms with Crippen LogP contribution in [0.4, 0.5) is 5.69 Å². The van der Waals surface area contributed by atoms with Crippen LogP contribution in [-0.4, -0.2) is 17.5 Å². The Bertz CT molecular complexity index is 616. The van der Waals surface area contributed by atoms with Gasteiger partial charge in [0, 0.05) is 16.9 Å². The first-order chi connectivity index (χ1) is 9.24. The zero-order valence-corrected chi connectivity index (χ0v) is 11.6. The third-order valence-electron chi connectivity index (χ3n) is 2.93. The van der Waals surface area contributed by atoms with Crippen LogP contribution >= 0.6 is 15.9 Å². The molecule has 0 atom stereocenters. The van der Waals surface area contributed by atoms with E-state index in [1.807, 2.05) is 30.3 Å². The van der Waals surface area contributed by atoms with Gasteiger partial charge in [-0.25, -0.2) is 0 Å². The molecule has 0 spiro atoms. The molecular weight excluding hydrogens is 308 g/mol. The predicted molar refractivity (Wildman–Crippen MR) is 75.1 cm³/mol. The van der Waals surface area contributed by atoms with Crippen molar-refractivity contribution in [3.8, 4) is 5.75 Å². The molecule has 5 heteroatoms. The highest BCUT2D eigenvalue weighted by atomic mass is 79.9. The Labute approximate surface area is 119 Å². The monoisotopic (exact) mass is 318 g/mol. The zero-order valence-electron chi connectivity index (χ0n) is 10.0. The summed E-state index contributed by atoms with van der Waals surface area (Å²) in [4.78, 5) is 17.8. The van der Waals surface area contributed by atoms with Crippen LogP contribution < -0.4 is 9.64 Å². The van der Waals surface area contributed by atoms with Crippen LogP contribution in [0.5, 0.6) is 5.75 Å². The number of hydrogen-bond donors (Lipinski definition) is 0. The number of carbonyl (C=O) groups excluding carboxylic acids is 1. The number of fused-ring (bicyclic) bond motifs is 1. The summed E-state index contributed by atoms with van der Waals surface area (Å²) in [6.45, 7) is 0.578. The number of hydrogen-bond acceptors (Lipinski definition) is 3. The van der Waals surface area contributed by atoms with Gasteiger partial charge in [-0.1, -0.05) is 22.0 Å². The largest absolute Gasteiger partial charge is 0.482 e. The number of pyridine rings is 1. The Morgan fingerprint density at radius 1 is 1.37 bits per heavy atom. The van der Waals surface area contributed by atoms with Gasteiger partial charge in [0.2, 0.25) is 0 Å². The summed E-state index contributed by atoms with van der Waals surface area (Å²) in [5.74, 6) is 0.682. The van der Waals surface area contributed by atoms with Gasteiger partial charge in [-0.2, -0.15) is 0 Å². The molecule has 96 valence electrons. The minimum Gasteiger partial charge on any atom is -0.482 e. The number of amides is 1. The molecule has 0 aliphatic carbocycles. The van der Waals surface area contributed by atoms with Crippen molar-refractivity contribution in [1.82, 2.24) is 4.98 Å². The molecule has 0 saturated heterocycles. The first-order valence-corrected chi connectivity index (χ1v) is 6.65. The molecule has 19 heavy (non-hydrogen) atoms. The number of anilines is 1. The van der Waals surface area contributed by atoms with Crippen LogP contribution in [0, 0.1) is 0 Å². The standard InChI is InChI=1S/C14H11BrN2O2/c15-11-3-4-13-12(6-11)17(14(18)9-19-13)8-10-2-1-5-16-7-10/h1-7H,8-9H2. The van der Waals surface area contributed by atoms with Crippen molar-refractivity contribution in [1.29, 1.82) is 0 Å². The van der Waals surface area contributed by atoms with E-state index >= 15 is 0 Å². The van der Waals surface area contributed by atoms with Gasteiger partial charge < -0.3 is 9.64 Å². The van der Waals surface area contributed by atoms with Gasteiger partial charge >= 0.3 is 0 Å². The van der Waals surface area contributed by atoms with Crippen molar-refractivity contribution in [3.05, 3.63) is 52.8 Å². The lowest BCUT2D eigenvalue weighted by molar-refractivity contribution is -0.121. The average molecular weight is 319 g/mol. The van der Waals surface area contributed by atoms with Crippen LogP contribution in [0.1, 0.15) is 5.56 Å². The van der Waals surface area contributed by atoms with Crippen molar-refractivity contribution in [2.24, 2.45) is 0 Å². The molecular formula is C14H11BrN2O2. The molecule has 0 radical (unpaired) electrons. The predicted octanol–water partition coefficient (Wildman–Crippen LogP) is 2.77. The molecule has 1 aliphatic heterocycles. The van der Waals surface area contributed by atoms with Gasteiger partial charge in [0.15, 0.2) is 6.61 Å². The second-order valence-corrected chi connectivity index (χ2v) is 5.16. The van der Waals surface area contributed by atoms with Gasteiger partial charge in [0.25, 0.3) is 5.91 Å². The highest BCUT2D eigenvalue weighted by molar-refractivity contribution is 9.10. The fourth-order valence-electron chi connectivity index (χ4n) is 2.02. The van der Waals surface area contributed by atoms with Crippen molar-refractivity contribution >= 4 is 27.5 Å². The highest BCUT2D eigenvalue weighted by Crippen LogP contribution is 2.35. The van der Waals surface area contributed by atoms with E-state index in [0.29, 0.717) is 6.54 Å². The molecule has 0 unspecified atom stereocenters. The molecule has 2 aromatic rings. The lowest BCUT2D eigenvalue weighted by atomic mass is 10.2. The zero-order chi connectivity index (χ0) is 13.2. The second kappa shape index (κ2) is 5.01. The van der Waals surface area contributed by atoms with Crippen molar-refractivity contribution in [2.75, 3.05) is 11.5 Å². The lowest BCUT2D eigenvalue weighted by Crippen LogP contribution is -2.38. The normalized spacial score (nSPS) is 13.9. The second-order valence-electron chi connectivity index (χ2n) is 4.24. The number of nitrogens with zero attached hydrogens (tertiary/aromatic N) is 2. The molecule has 1 aliphatic rings. The third kappa shape index (κ3) is 2.46. The summed E-state index contributed by atoms with van der Waals surface area (Å²) in [5.41, 5.74) is 1.78. The first-order valence-electron chi connectivity index (χ1n) is 5.85. The van der Waals surface area contributed by atoms with Crippen LogP contribution in [0.15, 0.2) is 47.2 Å².